The van der Waals surface area contributed by atoms with Gasteiger partial charge in [0.15, 0.2) is 0 Å². The van der Waals surface area contributed by atoms with Gasteiger partial charge in [-0.2, -0.15) is 0 Å². The molecule has 1 atom stereocenters. The van der Waals surface area contributed by atoms with Gasteiger partial charge in [-0.1, -0.05) is 32.9 Å². The van der Waals surface area contributed by atoms with Crippen LogP contribution in [0, 0.1) is 13.8 Å². The number of rotatable bonds is 2. The van der Waals surface area contributed by atoms with Crippen LogP contribution in [0.4, 0.5) is 0 Å². The second kappa shape index (κ2) is 4.77. The first kappa shape index (κ1) is 13.5. The SMILES string of the molecule is Cc1cc(C(C)(C)C)cc(C)c1C(O)CCl. The Kier molecular flexibility index (Phi) is 4.03. The van der Waals surface area contributed by atoms with Crippen molar-refractivity contribution in [3.8, 4) is 0 Å². The van der Waals surface area contributed by atoms with E-state index in [1.54, 1.807) is 0 Å². The van der Waals surface area contributed by atoms with E-state index in [9.17, 15) is 5.11 Å². The van der Waals surface area contributed by atoms with Crippen LogP contribution < -0.4 is 0 Å². The molecule has 1 N–H and O–H groups in total. The van der Waals surface area contributed by atoms with Crippen molar-refractivity contribution in [3.05, 3.63) is 34.4 Å². The van der Waals surface area contributed by atoms with Crippen molar-refractivity contribution in [2.45, 2.75) is 46.1 Å². The summed E-state index contributed by atoms with van der Waals surface area (Å²) in [5.74, 6) is 0.247. The second-order valence-electron chi connectivity index (χ2n) is 5.44. The van der Waals surface area contributed by atoms with Gasteiger partial charge in [0.1, 0.15) is 0 Å². The summed E-state index contributed by atoms with van der Waals surface area (Å²) in [6, 6.07) is 4.30. The third-order valence-electron chi connectivity index (χ3n) is 2.94. The molecule has 1 nitrogen and oxygen atoms in total. The Morgan fingerprint density at radius 1 is 1.19 bits per heavy atom. The molecule has 0 spiro atoms. The lowest BCUT2D eigenvalue weighted by molar-refractivity contribution is 0.201. The van der Waals surface area contributed by atoms with Crippen LogP contribution in [0.2, 0.25) is 0 Å². The molecule has 0 heterocycles. The Morgan fingerprint density at radius 3 is 1.94 bits per heavy atom. The topological polar surface area (TPSA) is 20.2 Å². The molecule has 0 aliphatic heterocycles. The summed E-state index contributed by atoms with van der Waals surface area (Å²) < 4.78 is 0. The smallest absolute Gasteiger partial charge is 0.0930 e. The van der Waals surface area contributed by atoms with Gasteiger partial charge in [-0.3, -0.25) is 0 Å². The van der Waals surface area contributed by atoms with Gasteiger partial charge in [0, 0.05) is 0 Å². The lowest BCUT2D eigenvalue weighted by Gasteiger charge is -2.23. The lowest BCUT2D eigenvalue weighted by atomic mass is 9.83. The quantitative estimate of drug-likeness (QED) is 0.778. The summed E-state index contributed by atoms with van der Waals surface area (Å²) in [5.41, 5.74) is 4.66. The fraction of sp³-hybridized carbons (Fsp3) is 0.571. The van der Waals surface area contributed by atoms with Crippen LogP contribution in [0.15, 0.2) is 12.1 Å². The molecule has 0 aromatic heterocycles. The molecule has 0 amide bonds. The number of halogens is 1. The Balaban J connectivity index is 3.28. The molecule has 0 saturated heterocycles. The van der Waals surface area contributed by atoms with Crippen LogP contribution >= 0.6 is 11.6 Å². The summed E-state index contributed by atoms with van der Waals surface area (Å²) in [5, 5.41) is 9.85. The fourth-order valence-electron chi connectivity index (χ4n) is 2.01. The molecule has 16 heavy (non-hydrogen) atoms. The molecule has 0 saturated carbocycles. The molecule has 0 bridgehead atoms. The first-order valence-electron chi connectivity index (χ1n) is 5.63. The first-order valence-corrected chi connectivity index (χ1v) is 6.16. The monoisotopic (exact) mass is 240 g/mol. The van der Waals surface area contributed by atoms with Gasteiger partial charge in [-0.25, -0.2) is 0 Å². The molecule has 90 valence electrons. The van der Waals surface area contributed by atoms with Crippen molar-refractivity contribution >= 4 is 11.6 Å². The molecule has 0 aliphatic rings. The third kappa shape index (κ3) is 2.78. The second-order valence-corrected chi connectivity index (χ2v) is 5.75. The van der Waals surface area contributed by atoms with Gasteiger partial charge in [-0.05, 0) is 41.5 Å². The van der Waals surface area contributed by atoms with Crippen molar-refractivity contribution in [2.75, 3.05) is 5.88 Å². The predicted octanol–water partition coefficient (Wildman–Crippen LogP) is 3.87. The van der Waals surface area contributed by atoms with E-state index in [-0.39, 0.29) is 11.3 Å². The highest BCUT2D eigenvalue weighted by Gasteiger charge is 2.18. The molecule has 0 aliphatic carbocycles. The number of aliphatic hydroxyl groups excluding tert-OH is 1. The highest BCUT2D eigenvalue weighted by Crippen LogP contribution is 2.30. The molecule has 0 radical (unpaired) electrons. The number of hydrogen-bond donors (Lipinski definition) is 1. The Bertz CT molecular complexity index is 354. The normalized spacial score (nSPS) is 13.9. The Hall–Kier alpha value is -0.530. The highest BCUT2D eigenvalue weighted by molar-refractivity contribution is 6.18. The van der Waals surface area contributed by atoms with Crippen molar-refractivity contribution in [1.29, 1.82) is 0 Å². The largest absolute Gasteiger partial charge is 0.387 e. The zero-order chi connectivity index (χ0) is 12.5. The van der Waals surface area contributed by atoms with E-state index >= 15 is 0 Å². The minimum atomic E-state index is -0.560. The lowest BCUT2D eigenvalue weighted by Crippen LogP contribution is -2.14. The van der Waals surface area contributed by atoms with Crippen LogP contribution in [0.25, 0.3) is 0 Å². The Labute approximate surface area is 103 Å². The van der Waals surface area contributed by atoms with E-state index in [1.807, 2.05) is 13.8 Å². The maximum Gasteiger partial charge on any atom is 0.0930 e. The molecule has 2 heteroatoms. The van der Waals surface area contributed by atoms with Crippen molar-refractivity contribution in [3.63, 3.8) is 0 Å². The van der Waals surface area contributed by atoms with Crippen LogP contribution in [0.3, 0.4) is 0 Å². The summed E-state index contributed by atoms with van der Waals surface area (Å²) in [6.07, 6.45) is -0.560. The maximum atomic E-state index is 9.85. The van der Waals surface area contributed by atoms with Crippen molar-refractivity contribution in [1.82, 2.24) is 0 Å². The molecule has 1 aromatic rings. The first-order chi connectivity index (χ1) is 7.27. The standard InChI is InChI=1S/C14H21ClO/c1-9-6-11(14(3,4)5)7-10(2)13(9)12(16)8-15/h6-7,12,16H,8H2,1-5H3. The van der Waals surface area contributed by atoms with Gasteiger partial charge in [-0.15, -0.1) is 11.6 Å². The number of aliphatic hydroxyl groups is 1. The van der Waals surface area contributed by atoms with Gasteiger partial charge >= 0.3 is 0 Å². The van der Waals surface area contributed by atoms with Gasteiger partial charge in [0.05, 0.1) is 12.0 Å². The summed E-state index contributed by atoms with van der Waals surface area (Å²) in [7, 11) is 0. The zero-order valence-corrected chi connectivity index (χ0v) is 11.5. The number of alkyl halides is 1. The van der Waals surface area contributed by atoms with E-state index in [2.05, 4.69) is 32.9 Å². The van der Waals surface area contributed by atoms with Gasteiger partial charge in [0.2, 0.25) is 0 Å². The van der Waals surface area contributed by atoms with Gasteiger partial charge < -0.3 is 5.11 Å². The van der Waals surface area contributed by atoms with Crippen LogP contribution in [0.1, 0.15) is 49.1 Å². The number of hydrogen-bond acceptors (Lipinski definition) is 1. The average molecular weight is 241 g/mol. The van der Waals surface area contributed by atoms with Crippen LogP contribution in [-0.4, -0.2) is 11.0 Å². The molecule has 1 rings (SSSR count). The van der Waals surface area contributed by atoms with Crippen LogP contribution in [0.5, 0.6) is 0 Å². The fourth-order valence-corrected chi connectivity index (χ4v) is 2.16. The third-order valence-corrected chi connectivity index (χ3v) is 3.23. The molecule has 1 aromatic carbocycles. The molecular formula is C14H21ClO. The zero-order valence-electron chi connectivity index (χ0n) is 10.8. The Morgan fingerprint density at radius 2 is 1.62 bits per heavy atom. The minimum absolute atomic E-state index is 0.139. The van der Waals surface area contributed by atoms with Crippen LogP contribution in [-0.2, 0) is 5.41 Å². The predicted molar refractivity (Wildman–Crippen MR) is 70.3 cm³/mol. The molecular weight excluding hydrogens is 220 g/mol. The van der Waals surface area contributed by atoms with E-state index in [1.165, 1.54) is 5.56 Å². The van der Waals surface area contributed by atoms with E-state index in [4.69, 9.17) is 11.6 Å². The average Bonchev–Trinajstić information content (AvgIpc) is 2.14. The number of aryl methyl sites for hydroxylation is 2. The highest BCUT2D eigenvalue weighted by atomic mass is 35.5. The summed E-state index contributed by atoms with van der Waals surface area (Å²) in [6.45, 7) is 10.7. The minimum Gasteiger partial charge on any atom is -0.387 e. The van der Waals surface area contributed by atoms with Crippen molar-refractivity contribution in [2.24, 2.45) is 0 Å². The van der Waals surface area contributed by atoms with Gasteiger partial charge in [0.25, 0.3) is 0 Å². The number of benzene rings is 1. The van der Waals surface area contributed by atoms with Crippen molar-refractivity contribution < 1.29 is 5.11 Å². The summed E-state index contributed by atoms with van der Waals surface area (Å²) >= 11 is 5.71. The molecule has 1 unspecified atom stereocenters. The van der Waals surface area contributed by atoms with E-state index in [0.29, 0.717) is 0 Å². The van der Waals surface area contributed by atoms with E-state index in [0.717, 1.165) is 16.7 Å². The van der Waals surface area contributed by atoms with E-state index < -0.39 is 6.10 Å². The summed E-state index contributed by atoms with van der Waals surface area (Å²) in [4.78, 5) is 0. The maximum absolute atomic E-state index is 9.85. The molecule has 0 fully saturated rings.